The molecule has 25 heavy (non-hydrogen) atoms. The van der Waals surface area contributed by atoms with Crippen LogP contribution in [0.4, 0.5) is 0 Å². The summed E-state index contributed by atoms with van der Waals surface area (Å²) in [5.74, 6) is 0.510. The van der Waals surface area contributed by atoms with Gasteiger partial charge in [-0.1, -0.05) is 18.9 Å². The van der Waals surface area contributed by atoms with E-state index in [9.17, 15) is 9.90 Å². The molecular weight excluding hydrogens is 329 g/mol. The van der Waals surface area contributed by atoms with E-state index in [0.29, 0.717) is 43.3 Å². The first-order chi connectivity index (χ1) is 11.9. The number of hydrogen-bond donors (Lipinski definition) is 4. The molecule has 0 saturated carbocycles. The van der Waals surface area contributed by atoms with E-state index in [0.717, 1.165) is 0 Å². The summed E-state index contributed by atoms with van der Waals surface area (Å²) in [5.41, 5.74) is 4.58. The van der Waals surface area contributed by atoms with E-state index in [4.69, 9.17) is 30.0 Å². The molecule has 0 aromatic heterocycles. The lowest BCUT2D eigenvalue weighted by atomic mass is 9.81. The van der Waals surface area contributed by atoms with Gasteiger partial charge in [0.2, 0.25) is 5.75 Å². The van der Waals surface area contributed by atoms with E-state index in [-0.39, 0.29) is 25.8 Å². The predicted molar refractivity (Wildman–Crippen MR) is 90.9 cm³/mol. The van der Waals surface area contributed by atoms with Gasteiger partial charge < -0.3 is 35.1 Å². The fourth-order valence-corrected chi connectivity index (χ4v) is 2.61. The molecule has 0 spiro atoms. The third-order valence-corrected chi connectivity index (χ3v) is 4.10. The normalized spacial score (nSPS) is 15.3. The summed E-state index contributed by atoms with van der Waals surface area (Å²) >= 11 is 0. The van der Waals surface area contributed by atoms with E-state index in [1.165, 1.54) is 0 Å². The van der Waals surface area contributed by atoms with E-state index < -0.39 is 18.6 Å². The Balaban J connectivity index is 1.88. The minimum Gasteiger partial charge on any atom is -0.489 e. The lowest BCUT2D eigenvalue weighted by Gasteiger charge is -2.25. The highest BCUT2D eigenvalue weighted by molar-refractivity contribution is 6.40. The lowest BCUT2D eigenvalue weighted by molar-refractivity contribution is -0.144. The van der Waals surface area contributed by atoms with Crippen molar-refractivity contribution in [2.45, 2.75) is 37.5 Å². The first-order valence-electron chi connectivity index (χ1n) is 8.32. The molecule has 0 fully saturated rings. The van der Waals surface area contributed by atoms with Crippen LogP contribution >= 0.6 is 0 Å². The Morgan fingerprint density at radius 1 is 1.24 bits per heavy atom. The fraction of sp³-hybridized carbons (Fsp3) is 0.562. The topological polar surface area (TPSA) is 131 Å². The number of benzene rings is 1. The number of carbonyl (C=O) groups is 1. The van der Waals surface area contributed by atoms with E-state index >= 15 is 0 Å². The molecule has 8 nitrogen and oxygen atoms in total. The van der Waals surface area contributed by atoms with Crippen molar-refractivity contribution in [2.24, 2.45) is 5.73 Å². The van der Waals surface area contributed by atoms with Gasteiger partial charge in [0, 0.05) is 6.42 Å². The van der Waals surface area contributed by atoms with Crippen LogP contribution in [0.2, 0.25) is 6.32 Å². The van der Waals surface area contributed by atoms with Crippen LogP contribution in [0, 0.1) is 0 Å². The number of ether oxygens (including phenoxy) is 3. The average molecular weight is 353 g/mol. The van der Waals surface area contributed by atoms with Crippen molar-refractivity contribution in [1.29, 1.82) is 0 Å². The Labute approximate surface area is 146 Å². The SMILES string of the molecule is NC(CCCCB(O)O)(CCOc1cccc2c1OCCO2)C(=O)O. The Kier molecular flexibility index (Phi) is 6.92. The molecule has 1 aromatic rings. The number of unbranched alkanes of at least 4 members (excludes halogenated alkanes) is 1. The molecule has 5 N–H and O–H groups in total. The number of aliphatic carboxylic acids is 1. The molecule has 1 heterocycles. The highest BCUT2D eigenvalue weighted by atomic mass is 16.6. The van der Waals surface area contributed by atoms with E-state index in [1.54, 1.807) is 18.2 Å². The number of rotatable bonds is 10. The van der Waals surface area contributed by atoms with E-state index in [1.807, 2.05) is 0 Å². The minimum atomic E-state index is -1.42. The van der Waals surface area contributed by atoms with Crippen molar-refractivity contribution in [2.75, 3.05) is 19.8 Å². The molecule has 2 rings (SSSR count). The average Bonchev–Trinajstić information content (AvgIpc) is 2.59. The van der Waals surface area contributed by atoms with Crippen LogP contribution in [0.25, 0.3) is 0 Å². The zero-order valence-electron chi connectivity index (χ0n) is 14.0. The summed E-state index contributed by atoms with van der Waals surface area (Å²) in [6.45, 7) is 1.02. The van der Waals surface area contributed by atoms with Crippen molar-refractivity contribution in [1.82, 2.24) is 0 Å². The first kappa shape index (κ1) is 19.4. The molecule has 9 heteroatoms. The molecule has 1 aliphatic rings. The molecule has 0 amide bonds. The fourth-order valence-electron chi connectivity index (χ4n) is 2.61. The maximum absolute atomic E-state index is 11.5. The third-order valence-electron chi connectivity index (χ3n) is 4.10. The van der Waals surface area contributed by atoms with Crippen LogP contribution in [0.1, 0.15) is 25.7 Å². The quantitative estimate of drug-likeness (QED) is 0.356. The van der Waals surface area contributed by atoms with Crippen molar-refractivity contribution < 1.29 is 34.2 Å². The van der Waals surface area contributed by atoms with Gasteiger partial charge in [0.25, 0.3) is 0 Å². The van der Waals surface area contributed by atoms with Crippen molar-refractivity contribution >= 4 is 13.1 Å². The largest absolute Gasteiger partial charge is 0.489 e. The summed E-state index contributed by atoms with van der Waals surface area (Å²) in [7, 11) is -1.38. The van der Waals surface area contributed by atoms with Gasteiger partial charge in [-0.3, -0.25) is 4.79 Å². The van der Waals surface area contributed by atoms with Gasteiger partial charge in [-0.2, -0.15) is 0 Å². The third kappa shape index (κ3) is 5.52. The maximum Gasteiger partial charge on any atom is 0.451 e. The second-order valence-electron chi connectivity index (χ2n) is 6.07. The Hall–Kier alpha value is -1.97. The molecule has 0 saturated heterocycles. The Morgan fingerprint density at radius 2 is 2.00 bits per heavy atom. The lowest BCUT2D eigenvalue weighted by Crippen LogP contribution is -2.49. The summed E-state index contributed by atoms with van der Waals surface area (Å²) in [5, 5.41) is 27.0. The first-order valence-corrected chi connectivity index (χ1v) is 8.32. The summed E-state index contributed by atoms with van der Waals surface area (Å²) < 4.78 is 16.7. The van der Waals surface area contributed by atoms with Crippen LogP contribution in [0.5, 0.6) is 17.2 Å². The van der Waals surface area contributed by atoms with Gasteiger partial charge in [-0.25, -0.2) is 0 Å². The molecule has 1 atom stereocenters. The van der Waals surface area contributed by atoms with Crippen LogP contribution in [-0.2, 0) is 4.79 Å². The standard InChI is InChI=1S/C16H24BNO7/c18-16(15(19)20,6-1-2-8-17(21)22)7-9-23-12-4-3-5-13-14(12)25-11-10-24-13/h3-5,21-22H,1-2,6-11,18H2,(H,19,20). The number of para-hydroxylation sites is 1. The zero-order chi connectivity index (χ0) is 18.3. The number of fused-ring (bicyclic) bond motifs is 1. The number of carboxylic acids is 1. The van der Waals surface area contributed by atoms with Crippen LogP contribution < -0.4 is 19.9 Å². The van der Waals surface area contributed by atoms with Crippen LogP contribution in [0.3, 0.4) is 0 Å². The molecule has 138 valence electrons. The van der Waals surface area contributed by atoms with E-state index in [2.05, 4.69) is 0 Å². The van der Waals surface area contributed by atoms with Crippen molar-refractivity contribution in [3.05, 3.63) is 18.2 Å². The highest BCUT2D eigenvalue weighted by Gasteiger charge is 2.33. The smallest absolute Gasteiger partial charge is 0.451 e. The Morgan fingerprint density at radius 3 is 2.72 bits per heavy atom. The van der Waals surface area contributed by atoms with Gasteiger partial charge in [0.15, 0.2) is 11.5 Å². The second-order valence-corrected chi connectivity index (χ2v) is 6.07. The van der Waals surface area contributed by atoms with Gasteiger partial charge in [-0.15, -0.1) is 0 Å². The second kappa shape index (κ2) is 8.93. The minimum absolute atomic E-state index is 0.116. The molecular formula is C16H24BNO7. The zero-order valence-corrected chi connectivity index (χ0v) is 14.0. The van der Waals surface area contributed by atoms with Gasteiger partial charge in [0.1, 0.15) is 18.8 Å². The van der Waals surface area contributed by atoms with Crippen molar-refractivity contribution in [3.63, 3.8) is 0 Å². The van der Waals surface area contributed by atoms with Crippen LogP contribution in [-0.4, -0.2) is 53.6 Å². The highest BCUT2D eigenvalue weighted by Crippen LogP contribution is 2.39. The molecule has 1 aliphatic heterocycles. The summed E-state index contributed by atoms with van der Waals surface area (Å²) in [6.07, 6.45) is 1.51. The number of hydrogen-bond acceptors (Lipinski definition) is 7. The number of nitrogens with two attached hydrogens (primary N) is 1. The van der Waals surface area contributed by atoms with Gasteiger partial charge >= 0.3 is 13.1 Å². The molecule has 1 aromatic carbocycles. The number of carboxylic acid groups (broad SMARTS) is 1. The van der Waals surface area contributed by atoms with Crippen LogP contribution in [0.15, 0.2) is 18.2 Å². The summed E-state index contributed by atoms with van der Waals surface area (Å²) in [6, 6.07) is 5.28. The van der Waals surface area contributed by atoms with Crippen molar-refractivity contribution in [3.8, 4) is 17.2 Å². The van der Waals surface area contributed by atoms with Gasteiger partial charge in [-0.05, 0) is 24.9 Å². The van der Waals surface area contributed by atoms with Gasteiger partial charge in [0.05, 0.1) is 6.61 Å². The Bertz CT molecular complexity index is 584. The summed E-state index contributed by atoms with van der Waals surface area (Å²) in [4.78, 5) is 11.5. The molecule has 0 aliphatic carbocycles. The maximum atomic E-state index is 11.5. The molecule has 0 bridgehead atoms. The monoisotopic (exact) mass is 353 g/mol. The molecule has 0 radical (unpaired) electrons. The predicted octanol–water partition coefficient (Wildman–Crippen LogP) is 0.652. The molecule has 1 unspecified atom stereocenters.